The van der Waals surface area contributed by atoms with Crippen molar-refractivity contribution in [1.82, 2.24) is 20.0 Å². The van der Waals surface area contributed by atoms with Gasteiger partial charge in [-0.05, 0) is 11.1 Å². The van der Waals surface area contributed by atoms with E-state index in [9.17, 15) is 9.59 Å². The van der Waals surface area contributed by atoms with Gasteiger partial charge in [-0.1, -0.05) is 60.7 Å². The van der Waals surface area contributed by atoms with Crippen LogP contribution < -0.4 is 11.1 Å². The van der Waals surface area contributed by atoms with Crippen LogP contribution in [0.25, 0.3) is 0 Å². The van der Waals surface area contributed by atoms with Crippen molar-refractivity contribution in [3.8, 4) is 0 Å². The first-order valence-electron chi connectivity index (χ1n) is 10.0. The number of imide groups is 1. The first-order valence-corrected chi connectivity index (χ1v) is 10.0. The van der Waals surface area contributed by atoms with E-state index in [0.717, 1.165) is 11.1 Å². The van der Waals surface area contributed by atoms with Crippen molar-refractivity contribution in [1.29, 1.82) is 0 Å². The molecule has 0 bridgehead atoms. The van der Waals surface area contributed by atoms with Gasteiger partial charge in [0, 0.05) is 20.1 Å². The highest BCUT2D eigenvalue weighted by Gasteiger charge is 2.52. The summed E-state index contributed by atoms with van der Waals surface area (Å²) in [6.07, 6.45) is -0.475. The van der Waals surface area contributed by atoms with Crippen molar-refractivity contribution in [3.63, 3.8) is 0 Å². The maximum Gasteiger partial charge on any atom is 0.328 e. The third-order valence-corrected chi connectivity index (χ3v) is 5.42. The molecule has 2 atom stereocenters. The molecule has 0 aliphatic carbocycles. The summed E-state index contributed by atoms with van der Waals surface area (Å²) in [5.74, 6) is 0.363. The quantitative estimate of drug-likeness (QED) is 0.752. The van der Waals surface area contributed by atoms with Crippen molar-refractivity contribution in [3.05, 3.63) is 71.8 Å². The molecule has 3 amide bonds. The molecular formula is C22H26N6O2. The molecule has 3 N–H and O–H groups in total. The van der Waals surface area contributed by atoms with Crippen LogP contribution in [0.5, 0.6) is 0 Å². The fourth-order valence-corrected chi connectivity index (χ4v) is 3.91. The number of carbonyl (C=O) groups excluding carboxylic acids is 2. The molecule has 0 saturated carbocycles. The van der Waals surface area contributed by atoms with E-state index in [2.05, 4.69) is 10.3 Å². The van der Waals surface area contributed by atoms with Crippen LogP contribution in [0.15, 0.2) is 65.7 Å². The highest BCUT2D eigenvalue weighted by Crippen LogP contribution is 2.27. The topological polar surface area (TPSA) is 94.3 Å². The number of benzene rings is 2. The number of nitrogens with one attached hydrogen (secondary N) is 1. The maximum atomic E-state index is 13.5. The van der Waals surface area contributed by atoms with E-state index in [1.807, 2.05) is 65.6 Å². The fraction of sp³-hybridized carbons (Fsp3) is 0.318. The van der Waals surface area contributed by atoms with Gasteiger partial charge >= 0.3 is 6.03 Å². The number of nitrogens with two attached hydrogens (primary N) is 1. The number of nitrogens with zero attached hydrogens (tertiary/aromatic N) is 4. The number of fused-ring (bicyclic) bond motifs is 1. The number of hydrogen-bond donors (Lipinski definition) is 2. The lowest BCUT2D eigenvalue weighted by molar-refractivity contribution is -0.138. The van der Waals surface area contributed by atoms with E-state index < -0.39 is 12.2 Å². The van der Waals surface area contributed by atoms with E-state index in [-0.39, 0.29) is 18.5 Å². The van der Waals surface area contributed by atoms with E-state index in [0.29, 0.717) is 25.6 Å². The van der Waals surface area contributed by atoms with Crippen LogP contribution in [-0.2, 0) is 17.9 Å². The van der Waals surface area contributed by atoms with Gasteiger partial charge in [0.1, 0.15) is 6.17 Å². The minimum Gasteiger partial charge on any atom is -0.333 e. The van der Waals surface area contributed by atoms with Gasteiger partial charge in [0.25, 0.3) is 5.91 Å². The molecule has 0 spiro atoms. The van der Waals surface area contributed by atoms with Gasteiger partial charge in [-0.3, -0.25) is 14.7 Å². The van der Waals surface area contributed by atoms with Gasteiger partial charge in [-0.25, -0.2) is 4.79 Å². The predicted octanol–water partition coefficient (Wildman–Crippen LogP) is 1.20. The lowest BCUT2D eigenvalue weighted by Crippen LogP contribution is -2.65. The van der Waals surface area contributed by atoms with Crippen LogP contribution in [-0.4, -0.2) is 64.9 Å². The average Bonchev–Trinajstić information content (AvgIpc) is 3.13. The van der Waals surface area contributed by atoms with Crippen molar-refractivity contribution in [2.75, 3.05) is 20.1 Å². The Bertz CT molecular complexity index is 933. The summed E-state index contributed by atoms with van der Waals surface area (Å²) in [4.78, 5) is 35.9. The standard InChI is InChI=1S/C22H26N6O2/c1-26-19-18(20(29)28(22(26)30)15-17-10-6-3-7-11-17)27(21(25-19)24-13-12-23)14-16-8-4-2-5-9-16/h2-11,18-19H,12-15,23H2,1H3,(H,24,25). The van der Waals surface area contributed by atoms with Gasteiger partial charge in [0.15, 0.2) is 12.0 Å². The minimum absolute atomic E-state index is 0.228. The van der Waals surface area contributed by atoms with Gasteiger partial charge in [0.05, 0.1) is 13.1 Å². The highest BCUT2D eigenvalue weighted by atomic mass is 16.2. The Morgan fingerprint density at radius 3 is 2.17 bits per heavy atom. The van der Waals surface area contributed by atoms with Crippen molar-refractivity contribution < 1.29 is 9.59 Å². The smallest absolute Gasteiger partial charge is 0.328 e. The molecule has 2 saturated heterocycles. The molecule has 2 aliphatic heterocycles. The summed E-state index contributed by atoms with van der Waals surface area (Å²) in [6.45, 7) is 1.58. The molecule has 2 aromatic carbocycles. The van der Waals surface area contributed by atoms with E-state index in [1.54, 1.807) is 11.9 Å². The second-order valence-corrected chi connectivity index (χ2v) is 7.44. The Balaban J connectivity index is 1.66. The Labute approximate surface area is 176 Å². The summed E-state index contributed by atoms with van der Waals surface area (Å²) < 4.78 is 0. The molecule has 8 heteroatoms. The van der Waals surface area contributed by atoms with Crippen LogP contribution >= 0.6 is 0 Å². The first kappa shape index (κ1) is 19.9. The highest BCUT2D eigenvalue weighted by molar-refractivity contribution is 6.04. The Morgan fingerprint density at radius 1 is 0.967 bits per heavy atom. The number of guanidine groups is 1. The minimum atomic E-state index is -0.562. The molecule has 156 valence electrons. The van der Waals surface area contributed by atoms with Crippen LogP contribution in [0.4, 0.5) is 4.79 Å². The molecule has 2 heterocycles. The number of urea groups is 1. The molecule has 0 radical (unpaired) electrons. The third kappa shape index (κ3) is 3.73. The summed E-state index contributed by atoms with van der Waals surface area (Å²) in [5, 5.41) is 3.27. The Hall–Kier alpha value is -3.39. The molecule has 2 aliphatic rings. The summed E-state index contributed by atoms with van der Waals surface area (Å²) >= 11 is 0. The van der Waals surface area contributed by atoms with Crippen LogP contribution in [0.1, 0.15) is 11.1 Å². The molecule has 8 nitrogen and oxygen atoms in total. The van der Waals surface area contributed by atoms with E-state index in [1.165, 1.54) is 4.90 Å². The normalized spacial score (nSPS) is 22.5. The van der Waals surface area contributed by atoms with Crippen LogP contribution in [0.3, 0.4) is 0 Å². The lowest BCUT2D eigenvalue weighted by atomic mass is 10.1. The van der Waals surface area contributed by atoms with Gasteiger partial charge in [0.2, 0.25) is 0 Å². The summed E-state index contributed by atoms with van der Waals surface area (Å²) in [6, 6.07) is 18.6. The monoisotopic (exact) mass is 406 g/mol. The molecule has 2 unspecified atom stereocenters. The maximum absolute atomic E-state index is 13.5. The van der Waals surface area contributed by atoms with Crippen molar-refractivity contribution in [2.45, 2.75) is 25.3 Å². The largest absolute Gasteiger partial charge is 0.333 e. The number of aliphatic imine (C=N–C) groups is 1. The van der Waals surface area contributed by atoms with Crippen LogP contribution in [0.2, 0.25) is 0 Å². The van der Waals surface area contributed by atoms with E-state index in [4.69, 9.17) is 5.73 Å². The molecule has 30 heavy (non-hydrogen) atoms. The average molecular weight is 406 g/mol. The summed E-state index contributed by atoms with van der Waals surface area (Å²) in [7, 11) is 1.71. The fourth-order valence-electron chi connectivity index (χ4n) is 3.91. The second-order valence-electron chi connectivity index (χ2n) is 7.44. The second kappa shape index (κ2) is 8.54. The number of rotatable bonds is 6. The molecule has 4 rings (SSSR count). The van der Waals surface area contributed by atoms with E-state index >= 15 is 0 Å². The molecule has 2 aromatic rings. The van der Waals surface area contributed by atoms with Gasteiger partial charge < -0.3 is 20.9 Å². The third-order valence-electron chi connectivity index (χ3n) is 5.42. The van der Waals surface area contributed by atoms with Crippen molar-refractivity contribution >= 4 is 17.9 Å². The summed E-state index contributed by atoms with van der Waals surface area (Å²) in [5.41, 5.74) is 7.61. The number of amides is 3. The zero-order valence-electron chi connectivity index (χ0n) is 16.9. The molecule has 2 fully saturated rings. The van der Waals surface area contributed by atoms with Gasteiger partial charge in [-0.2, -0.15) is 0 Å². The van der Waals surface area contributed by atoms with Crippen LogP contribution in [0, 0.1) is 0 Å². The zero-order chi connectivity index (χ0) is 21.1. The number of carbonyl (C=O) groups is 2. The Morgan fingerprint density at radius 2 is 1.57 bits per heavy atom. The number of likely N-dealkylation sites (N-methyl/N-ethyl adjacent to an activating group) is 1. The molecular weight excluding hydrogens is 380 g/mol. The lowest BCUT2D eigenvalue weighted by Gasteiger charge is -2.41. The zero-order valence-corrected chi connectivity index (χ0v) is 16.9. The molecule has 0 aromatic heterocycles. The number of hydrogen-bond acceptors (Lipinski definition) is 4. The van der Waals surface area contributed by atoms with Gasteiger partial charge in [-0.15, -0.1) is 0 Å². The first-order chi connectivity index (χ1) is 14.6. The predicted molar refractivity (Wildman–Crippen MR) is 114 cm³/mol. The van der Waals surface area contributed by atoms with Crippen molar-refractivity contribution in [2.24, 2.45) is 10.7 Å². The Kier molecular flexibility index (Phi) is 5.67. The SMILES string of the molecule is CN1C(=O)N(Cc2ccccc2)C(=O)C2C1NC(=NCCN)N2Cc1ccccc1.